The molecule has 1 aliphatic rings. The molecule has 2 N–H and O–H groups in total. The SMILES string of the molecule is COc1ccc(S(=O)(=O)N2CCC(C(=O)Nc3ccccc3C(=O)NCc3cccnc3)CC2)cc1. The van der Waals surface area contributed by atoms with Crippen molar-refractivity contribution in [3.8, 4) is 5.75 Å². The molecular weight excluding hydrogens is 480 g/mol. The summed E-state index contributed by atoms with van der Waals surface area (Å²) in [5.41, 5.74) is 1.64. The molecule has 0 spiro atoms. The highest BCUT2D eigenvalue weighted by Gasteiger charge is 2.32. The fourth-order valence-electron chi connectivity index (χ4n) is 4.06. The van der Waals surface area contributed by atoms with Crippen molar-refractivity contribution < 1.29 is 22.7 Å². The first-order chi connectivity index (χ1) is 17.4. The van der Waals surface area contributed by atoms with Crippen LogP contribution < -0.4 is 15.4 Å². The van der Waals surface area contributed by atoms with Crippen molar-refractivity contribution in [1.29, 1.82) is 0 Å². The number of hydrogen-bond donors (Lipinski definition) is 2. The minimum Gasteiger partial charge on any atom is -0.497 e. The Morgan fingerprint density at radius 2 is 1.75 bits per heavy atom. The van der Waals surface area contributed by atoms with Gasteiger partial charge in [-0.25, -0.2) is 8.42 Å². The third-order valence-electron chi connectivity index (χ3n) is 6.13. The van der Waals surface area contributed by atoms with Crippen LogP contribution in [0, 0.1) is 5.92 Å². The summed E-state index contributed by atoms with van der Waals surface area (Å²) in [6.07, 6.45) is 4.11. The van der Waals surface area contributed by atoms with Crippen LogP contribution in [0.1, 0.15) is 28.8 Å². The van der Waals surface area contributed by atoms with Gasteiger partial charge in [0.15, 0.2) is 0 Å². The number of benzene rings is 2. The number of carbonyl (C=O) groups excluding carboxylic acids is 2. The summed E-state index contributed by atoms with van der Waals surface area (Å²) < 4.78 is 32.4. The Morgan fingerprint density at radius 1 is 1.03 bits per heavy atom. The maximum atomic E-state index is 13.0. The number of piperidine rings is 1. The Balaban J connectivity index is 1.35. The van der Waals surface area contributed by atoms with Crippen LogP contribution in [-0.4, -0.2) is 49.7 Å². The van der Waals surface area contributed by atoms with Crippen LogP contribution in [0.4, 0.5) is 5.69 Å². The van der Waals surface area contributed by atoms with Gasteiger partial charge in [-0.15, -0.1) is 0 Å². The molecule has 1 fully saturated rings. The van der Waals surface area contributed by atoms with E-state index in [4.69, 9.17) is 4.74 Å². The third kappa shape index (κ3) is 5.89. The molecule has 36 heavy (non-hydrogen) atoms. The number of aromatic nitrogens is 1. The van der Waals surface area contributed by atoms with E-state index in [2.05, 4.69) is 15.6 Å². The van der Waals surface area contributed by atoms with E-state index in [1.807, 2.05) is 6.07 Å². The number of nitrogens with zero attached hydrogens (tertiary/aromatic N) is 2. The average molecular weight is 509 g/mol. The van der Waals surface area contributed by atoms with Crippen LogP contribution in [0.15, 0.2) is 78.0 Å². The second-order valence-corrected chi connectivity index (χ2v) is 10.4. The molecule has 10 heteroatoms. The first-order valence-electron chi connectivity index (χ1n) is 11.6. The van der Waals surface area contributed by atoms with Crippen molar-refractivity contribution in [2.24, 2.45) is 5.92 Å². The van der Waals surface area contributed by atoms with Crippen molar-refractivity contribution in [2.45, 2.75) is 24.3 Å². The number of amides is 2. The second kappa shape index (κ2) is 11.3. The lowest BCUT2D eigenvalue weighted by Gasteiger charge is -2.30. The molecule has 2 amide bonds. The molecule has 0 saturated carbocycles. The van der Waals surface area contributed by atoms with Gasteiger partial charge >= 0.3 is 0 Å². The van der Waals surface area contributed by atoms with Gasteiger partial charge in [0.1, 0.15) is 5.75 Å². The fourth-order valence-corrected chi connectivity index (χ4v) is 5.53. The van der Waals surface area contributed by atoms with Gasteiger partial charge < -0.3 is 15.4 Å². The standard InChI is InChI=1S/C26H28N4O5S/c1-35-21-8-10-22(11-9-21)36(33,34)30-15-12-20(13-16-30)25(31)29-24-7-3-2-6-23(24)26(32)28-18-19-5-4-14-27-17-19/h2-11,14,17,20H,12-13,15-16,18H2,1H3,(H,28,32)(H,29,31). The van der Waals surface area contributed by atoms with Crippen molar-refractivity contribution in [3.05, 3.63) is 84.2 Å². The number of sulfonamides is 1. The van der Waals surface area contributed by atoms with E-state index in [9.17, 15) is 18.0 Å². The number of hydrogen-bond acceptors (Lipinski definition) is 6. The largest absolute Gasteiger partial charge is 0.497 e. The number of ether oxygens (including phenoxy) is 1. The quantitative estimate of drug-likeness (QED) is 0.483. The first-order valence-corrected chi connectivity index (χ1v) is 13.0. The maximum Gasteiger partial charge on any atom is 0.253 e. The molecule has 1 aliphatic heterocycles. The molecule has 0 aliphatic carbocycles. The number of pyridine rings is 1. The zero-order chi connectivity index (χ0) is 25.5. The monoisotopic (exact) mass is 508 g/mol. The van der Waals surface area contributed by atoms with E-state index in [0.717, 1.165) is 5.56 Å². The van der Waals surface area contributed by atoms with Gasteiger partial charge in [-0.1, -0.05) is 18.2 Å². The Bertz CT molecular complexity index is 1310. The summed E-state index contributed by atoms with van der Waals surface area (Å²) in [6, 6.07) is 16.7. The third-order valence-corrected chi connectivity index (χ3v) is 8.04. The van der Waals surface area contributed by atoms with Gasteiger partial charge in [0.2, 0.25) is 15.9 Å². The summed E-state index contributed by atoms with van der Waals surface area (Å²) in [4.78, 5) is 30.0. The number of rotatable bonds is 8. The molecule has 3 aromatic rings. The van der Waals surface area contributed by atoms with Crippen molar-refractivity contribution in [2.75, 3.05) is 25.5 Å². The maximum absolute atomic E-state index is 13.0. The van der Waals surface area contributed by atoms with E-state index >= 15 is 0 Å². The fraction of sp³-hybridized carbons (Fsp3) is 0.269. The van der Waals surface area contributed by atoms with Crippen LogP contribution in [0.3, 0.4) is 0 Å². The molecule has 0 radical (unpaired) electrons. The molecule has 1 saturated heterocycles. The molecule has 2 heterocycles. The Labute approximate surface area is 210 Å². The molecular formula is C26H28N4O5S. The topological polar surface area (TPSA) is 118 Å². The molecule has 1 aromatic heterocycles. The van der Waals surface area contributed by atoms with Crippen LogP contribution >= 0.6 is 0 Å². The highest BCUT2D eigenvalue weighted by atomic mass is 32.2. The van der Waals surface area contributed by atoms with Gasteiger partial charge in [0.25, 0.3) is 5.91 Å². The summed E-state index contributed by atoms with van der Waals surface area (Å²) in [7, 11) is -2.13. The molecule has 0 unspecified atom stereocenters. The Morgan fingerprint density at radius 3 is 2.42 bits per heavy atom. The number of anilines is 1. The lowest BCUT2D eigenvalue weighted by Crippen LogP contribution is -2.41. The van der Waals surface area contributed by atoms with Gasteiger partial charge in [0, 0.05) is 37.9 Å². The number of nitrogens with one attached hydrogen (secondary N) is 2. The van der Waals surface area contributed by atoms with Gasteiger partial charge in [-0.05, 0) is 60.9 Å². The minimum atomic E-state index is -3.65. The number of para-hydroxylation sites is 1. The summed E-state index contributed by atoms with van der Waals surface area (Å²) >= 11 is 0. The molecule has 188 valence electrons. The second-order valence-electron chi connectivity index (χ2n) is 8.43. The normalized spacial score (nSPS) is 14.7. The Hall–Kier alpha value is -3.76. The van der Waals surface area contributed by atoms with Crippen LogP contribution in [0.25, 0.3) is 0 Å². The summed E-state index contributed by atoms with van der Waals surface area (Å²) in [5, 5.41) is 5.71. The molecule has 0 bridgehead atoms. The van der Waals surface area contributed by atoms with Crippen LogP contribution in [0.2, 0.25) is 0 Å². The number of carbonyl (C=O) groups is 2. The van der Waals surface area contributed by atoms with E-state index in [0.29, 0.717) is 36.4 Å². The van der Waals surface area contributed by atoms with Crippen molar-refractivity contribution >= 4 is 27.5 Å². The highest BCUT2D eigenvalue weighted by Crippen LogP contribution is 2.26. The van der Waals surface area contributed by atoms with Gasteiger partial charge in [0.05, 0.1) is 23.3 Å². The van der Waals surface area contributed by atoms with Crippen molar-refractivity contribution in [1.82, 2.24) is 14.6 Å². The zero-order valence-corrected chi connectivity index (χ0v) is 20.7. The zero-order valence-electron chi connectivity index (χ0n) is 19.9. The van der Waals surface area contributed by atoms with Gasteiger partial charge in [-0.3, -0.25) is 14.6 Å². The van der Waals surface area contributed by atoms with E-state index in [1.54, 1.807) is 54.9 Å². The number of methoxy groups -OCH3 is 1. The highest BCUT2D eigenvalue weighted by molar-refractivity contribution is 7.89. The minimum absolute atomic E-state index is 0.192. The van der Waals surface area contributed by atoms with Crippen LogP contribution in [0.5, 0.6) is 5.75 Å². The smallest absolute Gasteiger partial charge is 0.253 e. The summed E-state index contributed by atoms with van der Waals surface area (Å²) in [6.45, 7) is 0.787. The average Bonchev–Trinajstić information content (AvgIpc) is 2.92. The molecule has 9 nitrogen and oxygen atoms in total. The van der Waals surface area contributed by atoms with E-state index < -0.39 is 10.0 Å². The van der Waals surface area contributed by atoms with Gasteiger partial charge in [-0.2, -0.15) is 4.31 Å². The predicted octanol–water partition coefficient (Wildman–Crippen LogP) is 3.06. The predicted molar refractivity (Wildman–Crippen MR) is 135 cm³/mol. The molecule has 4 rings (SSSR count). The Kier molecular flexibility index (Phi) is 7.97. The van der Waals surface area contributed by atoms with Crippen molar-refractivity contribution in [3.63, 3.8) is 0 Å². The lowest BCUT2D eigenvalue weighted by molar-refractivity contribution is -0.120. The molecule has 2 aromatic carbocycles. The lowest BCUT2D eigenvalue weighted by atomic mass is 9.97. The van der Waals surface area contributed by atoms with E-state index in [-0.39, 0.29) is 35.7 Å². The summed E-state index contributed by atoms with van der Waals surface area (Å²) in [5.74, 6) is -0.326. The molecule has 0 atom stereocenters. The van der Waals surface area contributed by atoms with E-state index in [1.165, 1.54) is 23.5 Å². The first kappa shape index (κ1) is 25.3. The van der Waals surface area contributed by atoms with Crippen LogP contribution in [-0.2, 0) is 21.4 Å².